The first-order valence-corrected chi connectivity index (χ1v) is 13.5. The van der Waals surface area contributed by atoms with Gasteiger partial charge in [0.1, 0.15) is 22.2 Å². The molecule has 39 heavy (non-hydrogen) atoms. The number of anilines is 2. The molecule has 12 heteroatoms. The molecule has 1 heterocycles. The van der Waals surface area contributed by atoms with E-state index in [1.165, 1.54) is 14.2 Å². The first-order valence-electron chi connectivity index (χ1n) is 11.9. The van der Waals surface area contributed by atoms with Crippen molar-refractivity contribution in [3.05, 3.63) is 62.4 Å². The molecule has 0 fully saturated rings. The normalized spacial score (nSPS) is 10.5. The maximum atomic E-state index is 13.2. The molecule has 2 aromatic carbocycles. The molecule has 0 unspecified atom stereocenters. The number of thiophene rings is 1. The van der Waals surface area contributed by atoms with E-state index in [-0.39, 0.29) is 41.0 Å². The Balaban J connectivity index is 1.74. The topological polar surface area (TPSA) is 112 Å². The van der Waals surface area contributed by atoms with Crippen LogP contribution in [0.25, 0.3) is 0 Å². The highest BCUT2D eigenvalue weighted by Crippen LogP contribution is 2.36. The van der Waals surface area contributed by atoms with Gasteiger partial charge in [0.15, 0.2) is 0 Å². The van der Waals surface area contributed by atoms with Crippen molar-refractivity contribution in [2.45, 2.75) is 26.7 Å². The second-order valence-corrected chi connectivity index (χ2v) is 9.94. The smallest absolute Gasteiger partial charge is 0.341 e. The summed E-state index contributed by atoms with van der Waals surface area (Å²) >= 11 is 13.0. The molecule has 3 aromatic rings. The third-order valence-electron chi connectivity index (χ3n) is 5.44. The Kier molecular flexibility index (Phi) is 10.8. The lowest BCUT2D eigenvalue weighted by Crippen LogP contribution is -2.15. The lowest BCUT2D eigenvalue weighted by atomic mass is 10.1. The number of carbonyl (C=O) groups excluding carboxylic acids is 3. The first kappa shape index (κ1) is 30.1. The number of rotatable bonds is 12. The summed E-state index contributed by atoms with van der Waals surface area (Å²) in [4.78, 5) is 38.9. The van der Waals surface area contributed by atoms with Gasteiger partial charge in [-0.05, 0) is 56.2 Å². The molecule has 0 spiro atoms. The summed E-state index contributed by atoms with van der Waals surface area (Å²) in [6.07, 6.45) is 0.486. The highest BCUT2D eigenvalue weighted by molar-refractivity contribution is 7.19. The van der Waals surface area contributed by atoms with Crippen LogP contribution in [-0.2, 0) is 9.53 Å². The van der Waals surface area contributed by atoms with Crippen LogP contribution in [0.4, 0.5) is 10.7 Å². The summed E-state index contributed by atoms with van der Waals surface area (Å²) in [6.45, 7) is 3.67. The van der Waals surface area contributed by atoms with Crippen LogP contribution in [0.5, 0.6) is 17.2 Å². The fourth-order valence-corrected chi connectivity index (χ4v) is 5.12. The van der Waals surface area contributed by atoms with Crippen molar-refractivity contribution < 1.29 is 33.3 Å². The number of methoxy groups -OCH3 is 2. The Bertz CT molecular complexity index is 1360. The summed E-state index contributed by atoms with van der Waals surface area (Å²) in [5.74, 6) is -0.0583. The molecule has 0 saturated carbocycles. The predicted octanol–water partition coefficient (Wildman–Crippen LogP) is 6.61. The van der Waals surface area contributed by atoms with Gasteiger partial charge < -0.3 is 29.6 Å². The molecular weight excluding hydrogens is 567 g/mol. The van der Waals surface area contributed by atoms with Gasteiger partial charge in [-0.15, -0.1) is 11.3 Å². The van der Waals surface area contributed by atoms with E-state index in [2.05, 4.69) is 10.6 Å². The van der Waals surface area contributed by atoms with Gasteiger partial charge >= 0.3 is 5.97 Å². The van der Waals surface area contributed by atoms with Crippen LogP contribution >= 0.6 is 34.5 Å². The quantitative estimate of drug-likeness (QED) is 0.179. The van der Waals surface area contributed by atoms with Crippen molar-refractivity contribution in [2.24, 2.45) is 0 Å². The molecule has 0 atom stereocenters. The number of hydrogen-bond acceptors (Lipinski definition) is 8. The fourth-order valence-electron chi connectivity index (χ4n) is 3.55. The molecule has 0 aliphatic rings. The van der Waals surface area contributed by atoms with Crippen LogP contribution in [0, 0.1) is 6.92 Å². The molecule has 0 saturated heterocycles. The minimum Gasteiger partial charge on any atom is -0.497 e. The van der Waals surface area contributed by atoms with Crippen LogP contribution in [0.1, 0.15) is 45.4 Å². The number of esters is 1. The van der Waals surface area contributed by atoms with Crippen LogP contribution in [0.3, 0.4) is 0 Å². The van der Waals surface area contributed by atoms with Gasteiger partial charge in [-0.2, -0.15) is 0 Å². The fraction of sp³-hybridized carbons (Fsp3) is 0.296. The lowest BCUT2D eigenvalue weighted by molar-refractivity contribution is -0.116. The zero-order valence-electron chi connectivity index (χ0n) is 21.8. The maximum absolute atomic E-state index is 13.2. The molecule has 9 nitrogen and oxygen atoms in total. The zero-order valence-corrected chi connectivity index (χ0v) is 24.1. The van der Waals surface area contributed by atoms with E-state index >= 15 is 0 Å². The zero-order chi connectivity index (χ0) is 28.5. The van der Waals surface area contributed by atoms with Crippen LogP contribution in [0.15, 0.2) is 36.4 Å². The Morgan fingerprint density at radius 3 is 2.38 bits per heavy atom. The second-order valence-electron chi connectivity index (χ2n) is 8.08. The van der Waals surface area contributed by atoms with Gasteiger partial charge in [-0.1, -0.05) is 23.2 Å². The Hall–Kier alpha value is -3.47. The van der Waals surface area contributed by atoms with Crippen molar-refractivity contribution in [1.29, 1.82) is 0 Å². The molecule has 3 rings (SSSR count). The summed E-state index contributed by atoms with van der Waals surface area (Å²) in [5.41, 5.74) is 0.898. The highest BCUT2D eigenvalue weighted by atomic mass is 35.5. The standard InChI is InChI=1S/C27H28Cl2N2O7S/c1-5-37-27(34)23-15(2)24(25(33)30-19-14-17(35-3)9-11-21(19)36-4)39-26(23)31-22(32)7-6-12-38-20-10-8-16(28)13-18(20)29/h8-11,13-14H,5-7,12H2,1-4H3,(H,30,33)(H,31,32). The van der Waals surface area contributed by atoms with Crippen molar-refractivity contribution >= 4 is 63.0 Å². The summed E-state index contributed by atoms with van der Waals surface area (Å²) in [5, 5.41) is 6.62. The van der Waals surface area contributed by atoms with Crippen molar-refractivity contribution in [3.8, 4) is 17.2 Å². The van der Waals surface area contributed by atoms with Crippen molar-refractivity contribution in [1.82, 2.24) is 0 Å². The van der Waals surface area contributed by atoms with Gasteiger partial charge in [0.05, 0.1) is 48.6 Å². The number of hydrogen-bond donors (Lipinski definition) is 2. The average Bonchev–Trinajstić information content (AvgIpc) is 3.23. The number of amides is 2. The summed E-state index contributed by atoms with van der Waals surface area (Å²) in [6, 6.07) is 9.86. The van der Waals surface area contributed by atoms with Gasteiger partial charge in [-0.3, -0.25) is 9.59 Å². The second kappa shape index (κ2) is 14.1. The Labute approximate surface area is 240 Å². The van der Waals surface area contributed by atoms with E-state index in [0.717, 1.165) is 11.3 Å². The van der Waals surface area contributed by atoms with E-state index in [9.17, 15) is 14.4 Å². The Morgan fingerprint density at radius 1 is 0.974 bits per heavy atom. The molecule has 0 bridgehead atoms. The molecule has 2 amide bonds. The SMILES string of the molecule is CCOC(=O)c1c(NC(=O)CCCOc2ccc(Cl)cc2Cl)sc(C(=O)Nc2cc(OC)ccc2OC)c1C. The lowest BCUT2D eigenvalue weighted by Gasteiger charge is -2.11. The number of carbonyl (C=O) groups is 3. The molecule has 2 N–H and O–H groups in total. The van der Waals surface area contributed by atoms with Crippen LogP contribution < -0.4 is 24.8 Å². The number of nitrogens with one attached hydrogen (secondary N) is 2. The number of benzene rings is 2. The number of halogens is 2. The highest BCUT2D eigenvalue weighted by Gasteiger charge is 2.27. The number of ether oxygens (including phenoxy) is 4. The van der Waals surface area contributed by atoms with E-state index in [1.807, 2.05) is 0 Å². The van der Waals surface area contributed by atoms with Gasteiger partial charge in [-0.25, -0.2) is 4.79 Å². The van der Waals surface area contributed by atoms with E-state index in [0.29, 0.717) is 45.0 Å². The predicted molar refractivity (Wildman–Crippen MR) is 152 cm³/mol. The third kappa shape index (κ3) is 7.78. The molecular formula is C27H28Cl2N2O7S. The minimum atomic E-state index is -0.639. The summed E-state index contributed by atoms with van der Waals surface area (Å²) < 4.78 is 21.4. The maximum Gasteiger partial charge on any atom is 0.341 e. The van der Waals surface area contributed by atoms with Crippen LogP contribution in [-0.4, -0.2) is 45.2 Å². The van der Waals surface area contributed by atoms with Gasteiger partial charge in [0.2, 0.25) is 5.91 Å². The first-order chi connectivity index (χ1) is 18.7. The molecule has 208 valence electrons. The third-order valence-corrected chi connectivity index (χ3v) is 7.18. The van der Waals surface area contributed by atoms with Crippen molar-refractivity contribution in [2.75, 3.05) is 38.1 Å². The van der Waals surface area contributed by atoms with E-state index < -0.39 is 11.9 Å². The minimum absolute atomic E-state index is 0.104. The molecule has 1 aromatic heterocycles. The summed E-state index contributed by atoms with van der Waals surface area (Å²) in [7, 11) is 2.99. The van der Waals surface area contributed by atoms with E-state index in [4.69, 9.17) is 42.1 Å². The van der Waals surface area contributed by atoms with Gasteiger partial charge in [0, 0.05) is 17.5 Å². The molecule has 0 radical (unpaired) electrons. The average molecular weight is 596 g/mol. The van der Waals surface area contributed by atoms with Crippen molar-refractivity contribution in [3.63, 3.8) is 0 Å². The molecule has 0 aliphatic heterocycles. The van der Waals surface area contributed by atoms with E-state index in [1.54, 1.807) is 50.2 Å². The van der Waals surface area contributed by atoms with Crippen LogP contribution in [0.2, 0.25) is 10.0 Å². The monoisotopic (exact) mass is 594 g/mol. The Morgan fingerprint density at radius 2 is 1.72 bits per heavy atom. The largest absolute Gasteiger partial charge is 0.497 e. The van der Waals surface area contributed by atoms with Gasteiger partial charge in [0.25, 0.3) is 5.91 Å². The molecule has 0 aliphatic carbocycles.